The second-order valence-corrected chi connectivity index (χ2v) is 3.21. The topological polar surface area (TPSA) is 25.2 Å². The average Bonchev–Trinajstić information content (AvgIpc) is 2.66. The zero-order chi connectivity index (χ0) is 7.52. The zero-order valence-electron chi connectivity index (χ0n) is 6.55. The Morgan fingerprint density at radius 3 is 3.09 bits per heavy atom. The molecule has 1 N–H and O–H groups in total. The summed E-state index contributed by atoms with van der Waals surface area (Å²) >= 11 is 0. The molecule has 1 aromatic rings. The first-order valence-electron chi connectivity index (χ1n) is 4.17. The van der Waals surface area contributed by atoms with Crippen LogP contribution in [0.3, 0.4) is 0 Å². The van der Waals surface area contributed by atoms with E-state index in [2.05, 4.69) is 5.32 Å². The van der Waals surface area contributed by atoms with Gasteiger partial charge in [-0.3, -0.25) is 0 Å². The molecule has 60 valence electrons. The number of hydrogen-bond donors (Lipinski definition) is 1. The lowest BCUT2D eigenvalue weighted by Gasteiger charge is -1.98. The van der Waals surface area contributed by atoms with E-state index >= 15 is 0 Å². The van der Waals surface area contributed by atoms with Crippen LogP contribution in [0.4, 0.5) is 0 Å². The zero-order valence-corrected chi connectivity index (χ0v) is 6.55. The normalized spacial score (nSPS) is 17.1. The molecule has 2 nitrogen and oxygen atoms in total. The molecular weight excluding hydrogens is 138 g/mol. The Labute approximate surface area is 66.6 Å². The molecule has 0 bridgehead atoms. The summed E-state index contributed by atoms with van der Waals surface area (Å²) in [7, 11) is 0. The van der Waals surface area contributed by atoms with Gasteiger partial charge < -0.3 is 9.73 Å². The second-order valence-electron chi connectivity index (χ2n) is 3.21. The number of hydrogen-bond acceptors (Lipinski definition) is 2. The molecule has 1 saturated carbocycles. The molecule has 1 aromatic heterocycles. The lowest BCUT2D eigenvalue weighted by molar-refractivity contribution is 0.558. The monoisotopic (exact) mass is 151 g/mol. The summed E-state index contributed by atoms with van der Waals surface area (Å²) in [6.07, 6.45) is 6.34. The molecule has 1 heterocycles. The average molecular weight is 151 g/mol. The van der Waals surface area contributed by atoms with Gasteiger partial charge in [0.2, 0.25) is 0 Å². The summed E-state index contributed by atoms with van der Waals surface area (Å²) in [6, 6.07) is 2.00. The van der Waals surface area contributed by atoms with Crippen molar-refractivity contribution >= 4 is 0 Å². The van der Waals surface area contributed by atoms with E-state index in [4.69, 9.17) is 4.42 Å². The predicted octanol–water partition coefficient (Wildman–Crippen LogP) is 1.78. The molecule has 1 aliphatic rings. The molecule has 11 heavy (non-hydrogen) atoms. The Morgan fingerprint density at radius 1 is 1.55 bits per heavy atom. The third-order valence-corrected chi connectivity index (χ3v) is 2.04. The maximum absolute atomic E-state index is 4.95. The van der Waals surface area contributed by atoms with Gasteiger partial charge in [-0.1, -0.05) is 0 Å². The molecule has 0 unspecified atom stereocenters. The van der Waals surface area contributed by atoms with Crippen LogP contribution in [-0.2, 0) is 6.54 Å². The van der Waals surface area contributed by atoms with Crippen LogP contribution in [0.2, 0.25) is 0 Å². The van der Waals surface area contributed by atoms with Gasteiger partial charge in [-0.2, -0.15) is 0 Å². The van der Waals surface area contributed by atoms with Gasteiger partial charge in [0.15, 0.2) is 0 Å². The molecule has 1 aliphatic carbocycles. The highest BCUT2D eigenvalue weighted by Crippen LogP contribution is 2.27. The Morgan fingerprint density at radius 2 is 2.45 bits per heavy atom. The molecule has 0 amide bonds. The lowest BCUT2D eigenvalue weighted by Crippen LogP contribution is -2.15. The first-order chi connectivity index (χ1) is 5.45. The smallest absolute Gasteiger partial charge is 0.0947 e. The van der Waals surface area contributed by atoms with Crippen molar-refractivity contribution in [2.24, 2.45) is 5.92 Å². The number of rotatable bonds is 4. The highest BCUT2D eigenvalue weighted by molar-refractivity contribution is 5.04. The quantitative estimate of drug-likeness (QED) is 0.709. The fourth-order valence-electron chi connectivity index (χ4n) is 1.14. The Balaban J connectivity index is 1.66. The van der Waals surface area contributed by atoms with E-state index in [-0.39, 0.29) is 0 Å². The van der Waals surface area contributed by atoms with Gasteiger partial charge in [0, 0.05) is 12.1 Å². The van der Waals surface area contributed by atoms with E-state index in [1.54, 1.807) is 12.5 Å². The van der Waals surface area contributed by atoms with Crippen molar-refractivity contribution in [3.63, 3.8) is 0 Å². The van der Waals surface area contributed by atoms with Crippen LogP contribution in [0.1, 0.15) is 18.4 Å². The molecule has 0 saturated heterocycles. The van der Waals surface area contributed by atoms with Gasteiger partial charge in [-0.25, -0.2) is 0 Å². The van der Waals surface area contributed by atoms with E-state index in [9.17, 15) is 0 Å². The van der Waals surface area contributed by atoms with Gasteiger partial charge in [0.05, 0.1) is 12.5 Å². The standard InChI is InChI=1S/C9H13NO/c1-2-8(1)5-10-6-9-3-4-11-7-9/h3-4,7-8,10H,1-2,5-6H2. The fraction of sp³-hybridized carbons (Fsp3) is 0.556. The second kappa shape index (κ2) is 3.09. The molecule has 0 spiro atoms. The maximum atomic E-state index is 4.95. The summed E-state index contributed by atoms with van der Waals surface area (Å²) in [6.45, 7) is 2.12. The summed E-state index contributed by atoms with van der Waals surface area (Å²) in [5.41, 5.74) is 1.24. The van der Waals surface area contributed by atoms with Crippen molar-refractivity contribution in [3.8, 4) is 0 Å². The van der Waals surface area contributed by atoms with Crippen LogP contribution in [0.5, 0.6) is 0 Å². The largest absolute Gasteiger partial charge is 0.472 e. The predicted molar refractivity (Wildman–Crippen MR) is 43.1 cm³/mol. The van der Waals surface area contributed by atoms with E-state index in [0.29, 0.717) is 0 Å². The fourth-order valence-corrected chi connectivity index (χ4v) is 1.14. The van der Waals surface area contributed by atoms with Crippen molar-refractivity contribution in [1.29, 1.82) is 0 Å². The van der Waals surface area contributed by atoms with Crippen LogP contribution in [-0.4, -0.2) is 6.54 Å². The third-order valence-electron chi connectivity index (χ3n) is 2.04. The van der Waals surface area contributed by atoms with Crippen LogP contribution < -0.4 is 5.32 Å². The van der Waals surface area contributed by atoms with E-state index in [0.717, 1.165) is 12.5 Å². The minimum Gasteiger partial charge on any atom is -0.472 e. The van der Waals surface area contributed by atoms with Crippen molar-refractivity contribution in [1.82, 2.24) is 5.32 Å². The first kappa shape index (κ1) is 6.92. The van der Waals surface area contributed by atoms with Crippen LogP contribution in [0.15, 0.2) is 23.0 Å². The van der Waals surface area contributed by atoms with E-state index in [1.165, 1.54) is 24.9 Å². The molecule has 2 heteroatoms. The highest BCUT2D eigenvalue weighted by atomic mass is 16.3. The number of nitrogens with one attached hydrogen (secondary N) is 1. The van der Waals surface area contributed by atoms with Gasteiger partial charge in [0.1, 0.15) is 0 Å². The number of furan rings is 1. The maximum Gasteiger partial charge on any atom is 0.0947 e. The summed E-state index contributed by atoms with van der Waals surface area (Å²) < 4.78 is 4.95. The molecule has 2 rings (SSSR count). The Bertz CT molecular complexity index is 201. The van der Waals surface area contributed by atoms with Crippen LogP contribution in [0, 0.1) is 5.92 Å². The summed E-state index contributed by atoms with van der Waals surface area (Å²) in [4.78, 5) is 0. The van der Waals surface area contributed by atoms with Gasteiger partial charge in [0.25, 0.3) is 0 Å². The minimum atomic E-state index is 0.951. The lowest BCUT2D eigenvalue weighted by atomic mass is 10.3. The van der Waals surface area contributed by atoms with Crippen LogP contribution >= 0.6 is 0 Å². The molecular formula is C9H13NO. The molecule has 1 fully saturated rings. The van der Waals surface area contributed by atoms with Gasteiger partial charge in [-0.05, 0) is 31.4 Å². The SMILES string of the molecule is c1cc(CNCC2CC2)co1. The van der Waals surface area contributed by atoms with Crippen molar-refractivity contribution in [2.75, 3.05) is 6.54 Å². The minimum absolute atomic E-state index is 0.951. The molecule has 0 atom stereocenters. The van der Waals surface area contributed by atoms with Crippen LogP contribution in [0.25, 0.3) is 0 Å². The molecule has 0 aromatic carbocycles. The Kier molecular flexibility index (Phi) is 1.95. The van der Waals surface area contributed by atoms with Crippen molar-refractivity contribution in [2.45, 2.75) is 19.4 Å². The molecule has 0 aliphatic heterocycles. The van der Waals surface area contributed by atoms with Crippen molar-refractivity contribution < 1.29 is 4.42 Å². The van der Waals surface area contributed by atoms with Crippen molar-refractivity contribution in [3.05, 3.63) is 24.2 Å². The van der Waals surface area contributed by atoms with E-state index < -0.39 is 0 Å². The van der Waals surface area contributed by atoms with Gasteiger partial charge in [-0.15, -0.1) is 0 Å². The van der Waals surface area contributed by atoms with Gasteiger partial charge >= 0.3 is 0 Å². The molecule has 0 radical (unpaired) electrons. The highest BCUT2D eigenvalue weighted by Gasteiger charge is 2.19. The first-order valence-corrected chi connectivity index (χ1v) is 4.17. The van der Waals surface area contributed by atoms with E-state index in [1.807, 2.05) is 6.07 Å². The third kappa shape index (κ3) is 2.09. The summed E-state index contributed by atoms with van der Waals surface area (Å²) in [5.74, 6) is 0.960. The Hall–Kier alpha value is -0.760. The summed E-state index contributed by atoms with van der Waals surface area (Å²) in [5, 5.41) is 3.39.